The molecule has 0 amide bonds. The Hall–Kier alpha value is -0.0300. The Balaban J connectivity index is 1.45. The van der Waals surface area contributed by atoms with E-state index in [0.717, 1.165) is 36.2 Å². The number of aryl methyl sites for hydroxylation is 1. The Morgan fingerprint density at radius 2 is 2.17 bits per heavy atom. The summed E-state index contributed by atoms with van der Waals surface area (Å²) in [6, 6.07) is 4.15. The van der Waals surface area contributed by atoms with Crippen LogP contribution in [0.2, 0.25) is 0 Å². The summed E-state index contributed by atoms with van der Waals surface area (Å²) in [5.41, 5.74) is 2.05. The first-order valence-corrected chi connectivity index (χ1v) is 12.9. The second-order valence-corrected chi connectivity index (χ2v) is 15.7. The molecule has 0 radical (unpaired) electrons. The minimum atomic E-state index is -0.508. The molecule has 0 spiro atoms. The van der Waals surface area contributed by atoms with Crippen molar-refractivity contribution in [2.24, 2.45) is 5.41 Å². The van der Waals surface area contributed by atoms with Crippen molar-refractivity contribution >= 4 is 64.2 Å². The molecule has 128 valence electrons. The summed E-state index contributed by atoms with van der Waals surface area (Å²) >= 11 is 7.38. The fraction of sp³-hybridized carbons (Fsp3) is 0.500. The number of rotatable bonds is 3. The average Bonchev–Trinajstić information content (AvgIpc) is 3.07. The van der Waals surface area contributed by atoms with Crippen LogP contribution in [-0.2, 0) is 0 Å². The van der Waals surface area contributed by atoms with Gasteiger partial charge in [-0.25, -0.2) is 0 Å². The molecule has 4 nitrogen and oxygen atoms in total. The first-order valence-electron chi connectivity index (χ1n) is 7.90. The molecule has 24 heavy (non-hydrogen) atoms. The Bertz CT molecular complexity index is 936. The molecule has 1 saturated carbocycles. The number of nitrogens with zero attached hydrogens (tertiary/aromatic N) is 2. The molecule has 8 heteroatoms. The predicted molar refractivity (Wildman–Crippen MR) is 100.0 cm³/mol. The van der Waals surface area contributed by atoms with Gasteiger partial charge in [-0.05, 0) is 0 Å². The second kappa shape index (κ2) is 5.73. The van der Waals surface area contributed by atoms with Crippen LogP contribution in [-0.4, -0.2) is 28.1 Å². The third-order valence-corrected chi connectivity index (χ3v) is 11.7. The monoisotopic (exact) mass is 536 g/mol. The summed E-state index contributed by atoms with van der Waals surface area (Å²) < 4.78 is 3.84. The van der Waals surface area contributed by atoms with Crippen LogP contribution in [0.4, 0.5) is 5.13 Å². The molecule has 4 heterocycles. The summed E-state index contributed by atoms with van der Waals surface area (Å²) in [6.45, 7) is 2.04. The van der Waals surface area contributed by atoms with Crippen LogP contribution < -0.4 is 26.5 Å². The molecule has 1 aromatic carbocycles. The van der Waals surface area contributed by atoms with Gasteiger partial charge < -0.3 is 0 Å². The van der Waals surface area contributed by atoms with E-state index in [1.807, 2.05) is 6.92 Å². The molecule has 2 aliphatic heterocycles. The van der Waals surface area contributed by atoms with Crippen molar-refractivity contribution in [2.45, 2.75) is 39.2 Å². The minimum absolute atomic E-state index is 0.0429. The fourth-order valence-electron chi connectivity index (χ4n) is 3.78. The van der Waals surface area contributed by atoms with E-state index in [9.17, 15) is 5.11 Å². The van der Waals surface area contributed by atoms with Crippen molar-refractivity contribution in [3.05, 3.63) is 17.1 Å². The van der Waals surface area contributed by atoms with Gasteiger partial charge in [0.25, 0.3) is 0 Å². The van der Waals surface area contributed by atoms with Crippen LogP contribution >= 0.6 is 38.6 Å². The quantitative estimate of drug-likeness (QED) is 0.301. The normalized spacial score (nSPS) is 30.8. The average molecular weight is 537 g/mol. The first-order chi connectivity index (χ1) is 11.5. The predicted octanol–water partition coefficient (Wildman–Crippen LogP) is 1.31. The van der Waals surface area contributed by atoms with E-state index in [2.05, 4.69) is 43.3 Å². The van der Waals surface area contributed by atoms with Gasteiger partial charge in [0.05, 0.1) is 0 Å². The number of alkyl halides is 3. The van der Waals surface area contributed by atoms with E-state index in [0.29, 0.717) is 2.83 Å². The summed E-state index contributed by atoms with van der Waals surface area (Å²) in [5.74, 6) is 0. The standard InChI is InChI=1S/C16H16BrIN3OS2/c1-7-19-12-10(23-7)3-2-9-13(12)24-15(20-9)21-14(22)16-4-8(5-16)18-11(17)6-16/h2-3,8,11,14,22H,4-6H2,1H3,(H,20,21)/q-1/t8?,11?,14-,16?/m1/s1. The van der Waals surface area contributed by atoms with E-state index >= 15 is 0 Å². The molecule has 6 rings (SSSR count). The van der Waals surface area contributed by atoms with Crippen molar-refractivity contribution in [2.75, 3.05) is 5.32 Å². The number of aliphatic hydroxyl groups excluding tert-OH is 1. The van der Waals surface area contributed by atoms with Crippen LogP contribution in [0.25, 0.3) is 20.4 Å². The van der Waals surface area contributed by atoms with Crippen molar-refractivity contribution < 1.29 is 26.3 Å². The van der Waals surface area contributed by atoms with Gasteiger partial charge in [0.2, 0.25) is 0 Å². The van der Waals surface area contributed by atoms with Gasteiger partial charge in [0.15, 0.2) is 0 Å². The summed E-state index contributed by atoms with van der Waals surface area (Å²) in [6.07, 6.45) is 2.94. The van der Waals surface area contributed by atoms with E-state index < -0.39 is 6.23 Å². The van der Waals surface area contributed by atoms with Crippen LogP contribution in [0.5, 0.6) is 0 Å². The van der Waals surface area contributed by atoms with Gasteiger partial charge in [0, 0.05) is 0 Å². The maximum atomic E-state index is 10.8. The number of aromatic nitrogens is 2. The van der Waals surface area contributed by atoms with E-state index in [1.165, 1.54) is 17.5 Å². The van der Waals surface area contributed by atoms with Crippen LogP contribution in [0.1, 0.15) is 24.3 Å². The number of halogens is 2. The topological polar surface area (TPSA) is 58.0 Å². The summed E-state index contributed by atoms with van der Waals surface area (Å²) in [4.78, 5) is 9.33. The summed E-state index contributed by atoms with van der Waals surface area (Å²) in [5, 5.41) is 16.0. The van der Waals surface area contributed by atoms with Gasteiger partial charge in [-0.3, -0.25) is 0 Å². The molecule has 2 bridgehead atoms. The molecule has 2 saturated heterocycles. The molecular formula is C16H16BrIN3OS2-. The number of anilines is 1. The second-order valence-electron chi connectivity index (χ2n) is 6.65. The third kappa shape index (κ3) is 2.52. The van der Waals surface area contributed by atoms with Crippen LogP contribution in [0.15, 0.2) is 12.1 Å². The number of hydrogen-bond donors (Lipinski definition) is 2. The van der Waals surface area contributed by atoms with Crippen molar-refractivity contribution in [1.29, 1.82) is 0 Å². The zero-order valence-electron chi connectivity index (χ0n) is 12.9. The van der Waals surface area contributed by atoms with Crippen molar-refractivity contribution in [1.82, 2.24) is 9.97 Å². The molecule has 3 aliphatic rings. The number of benzene rings is 1. The SMILES string of the molecule is Cc1nc2c(ccc3nc(N[C@H](O)C45CC(Br)[I-]C(C4)C5)sc32)s1. The van der Waals surface area contributed by atoms with E-state index in [1.54, 1.807) is 22.7 Å². The molecular weight excluding hydrogens is 521 g/mol. The first kappa shape index (κ1) is 16.2. The zero-order chi connectivity index (χ0) is 16.5. The number of thiazole rings is 2. The molecule has 1 aliphatic carbocycles. The molecule has 3 aromatic rings. The van der Waals surface area contributed by atoms with Gasteiger partial charge >= 0.3 is 167 Å². The summed E-state index contributed by atoms with van der Waals surface area (Å²) in [7, 11) is 0. The number of nitrogens with one attached hydrogen (secondary N) is 1. The van der Waals surface area contributed by atoms with Gasteiger partial charge in [-0.15, -0.1) is 0 Å². The van der Waals surface area contributed by atoms with Crippen LogP contribution in [0, 0.1) is 12.3 Å². The van der Waals surface area contributed by atoms with E-state index in [-0.39, 0.29) is 26.6 Å². The maximum absolute atomic E-state index is 10.8. The number of aliphatic hydroxyl groups is 1. The molecule has 1 unspecified atom stereocenters. The van der Waals surface area contributed by atoms with Gasteiger partial charge in [-0.1, -0.05) is 0 Å². The van der Waals surface area contributed by atoms with Crippen LogP contribution in [0.3, 0.4) is 0 Å². The van der Waals surface area contributed by atoms with Crippen molar-refractivity contribution in [3.8, 4) is 0 Å². The third-order valence-electron chi connectivity index (χ3n) is 4.99. The van der Waals surface area contributed by atoms with Gasteiger partial charge in [-0.2, -0.15) is 0 Å². The molecule has 2 aromatic heterocycles. The Morgan fingerprint density at radius 3 is 2.96 bits per heavy atom. The van der Waals surface area contributed by atoms with E-state index in [4.69, 9.17) is 0 Å². The molecule has 3 fully saturated rings. The fourth-order valence-corrected chi connectivity index (χ4v) is 12.7. The molecule has 2 N–H and O–H groups in total. The zero-order valence-corrected chi connectivity index (χ0v) is 18.3. The number of hydrogen-bond acceptors (Lipinski definition) is 6. The Morgan fingerprint density at radius 1 is 1.33 bits per heavy atom. The number of fused-ring (bicyclic) bond motifs is 5. The Kier molecular flexibility index (Phi) is 3.86. The van der Waals surface area contributed by atoms with Crippen molar-refractivity contribution in [3.63, 3.8) is 0 Å². The Labute approximate surface area is 166 Å². The van der Waals surface area contributed by atoms with Gasteiger partial charge in [0.1, 0.15) is 0 Å². The molecule has 2 atom stereocenters.